The van der Waals surface area contributed by atoms with Crippen molar-refractivity contribution in [3.63, 3.8) is 0 Å². The summed E-state index contributed by atoms with van der Waals surface area (Å²) in [6.45, 7) is 3.45. The average molecular weight is 279 g/mol. The minimum Gasteiger partial charge on any atom is -0.333 e. The molecular formula is C11H10ClF3N2O. The molecule has 7 heteroatoms. The van der Waals surface area contributed by atoms with E-state index in [9.17, 15) is 18.0 Å². The Labute approximate surface area is 107 Å². The van der Waals surface area contributed by atoms with Gasteiger partial charge >= 0.3 is 12.2 Å². The van der Waals surface area contributed by atoms with Gasteiger partial charge in [0.2, 0.25) is 0 Å². The van der Waals surface area contributed by atoms with E-state index in [0.717, 1.165) is 24.3 Å². The second-order valence-electron chi connectivity index (χ2n) is 3.40. The minimum atomic E-state index is -4.39. The summed E-state index contributed by atoms with van der Waals surface area (Å²) < 4.78 is 36.8. The van der Waals surface area contributed by atoms with Crippen LogP contribution >= 0.6 is 11.6 Å². The van der Waals surface area contributed by atoms with Crippen LogP contribution in [0.5, 0.6) is 0 Å². The Hall–Kier alpha value is -1.69. The molecule has 0 saturated heterocycles. The highest BCUT2D eigenvalue weighted by atomic mass is 35.5. The lowest BCUT2D eigenvalue weighted by atomic mass is 10.2. The molecule has 18 heavy (non-hydrogen) atoms. The van der Waals surface area contributed by atoms with Gasteiger partial charge in [0.1, 0.15) is 0 Å². The van der Waals surface area contributed by atoms with E-state index in [1.54, 1.807) is 0 Å². The Kier molecular flexibility index (Phi) is 4.61. The van der Waals surface area contributed by atoms with Crippen LogP contribution in [-0.4, -0.2) is 12.6 Å². The van der Waals surface area contributed by atoms with Crippen molar-refractivity contribution in [3.8, 4) is 0 Å². The van der Waals surface area contributed by atoms with Gasteiger partial charge in [0.05, 0.1) is 12.1 Å². The molecular weight excluding hydrogens is 269 g/mol. The van der Waals surface area contributed by atoms with Gasteiger partial charge in [-0.05, 0) is 24.3 Å². The summed E-state index contributed by atoms with van der Waals surface area (Å²) in [4.78, 5) is 11.3. The van der Waals surface area contributed by atoms with Gasteiger partial charge in [-0.3, -0.25) is 0 Å². The molecule has 0 aromatic heterocycles. The SMILES string of the molecule is C=C(Cl)CNC(=O)Nc1ccc(C(F)(F)F)cc1. The lowest BCUT2D eigenvalue weighted by Gasteiger charge is -2.09. The molecule has 0 radical (unpaired) electrons. The second kappa shape index (κ2) is 5.77. The van der Waals surface area contributed by atoms with E-state index in [4.69, 9.17) is 11.6 Å². The summed E-state index contributed by atoms with van der Waals surface area (Å²) in [5, 5.41) is 4.98. The molecule has 0 heterocycles. The molecule has 0 spiro atoms. The molecule has 1 aromatic rings. The standard InChI is InChI=1S/C11H10ClF3N2O/c1-7(12)6-16-10(18)17-9-4-2-8(3-5-9)11(13,14)15/h2-5H,1,6H2,(H2,16,17,18). The maximum atomic E-state index is 12.3. The lowest BCUT2D eigenvalue weighted by Crippen LogP contribution is -2.29. The van der Waals surface area contributed by atoms with Crippen molar-refractivity contribution in [1.29, 1.82) is 0 Å². The predicted molar refractivity (Wildman–Crippen MR) is 63.5 cm³/mol. The van der Waals surface area contributed by atoms with Crippen LogP contribution in [0.3, 0.4) is 0 Å². The molecule has 1 rings (SSSR count). The van der Waals surface area contributed by atoms with E-state index in [2.05, 4.69) is 17.2 Å². The number of rotatable bonds is 3. The number of hydrogen-bond donors (Lipinski definition) is 2. The zero-order valence-corrected chi connectivity index (χ0v) is 9.90. The van der Waals surface area contributed by atoms with Crippen molar-refractivity contribution in [2.45, 2.75) is 6.18 Å². The van der Waals surface area contributed by atoms with Gasteiger partial charge < -0.3 is 10.6 Å². The molecule has 0 unspecified atom stereocenters. The van der Waals surface area contributed by atoms with Crippen LogP contribution < -0.4 is 10.6 Å². The number of alkyl halides is 3. The zero-order chi connectivity index (χ0) is 13.8. The van der Waals surface area contributed by atoms with Crippen LogP contribution in [-0.2, 0) is 6.18 Å². The number of halogens is 4. The van der Waals surface area contributed by atoms with Crippen LogP contribution in [0.2, 0.25) is 0 Å². The van der Waals surface area contributed by atoms with E-state index in [1.807, 2.05) is 0 Å². The molecule has 2 N–H and O–H groups in total. The maximum absolute atomic E-state index is 12.3. The molecule has 2 amide bonds. The quantitative estimate of drug-likeness (QED) is 0.872. The van der Waals surface area contributed by atoms with E-state index < -0.39 is 17.8 Å². The summed E-state index contributed by atoms with van der Waals surface area (Å²) in [7, 11) is 0. The fourth-order valence-corrected chi connectivity index (χ4v) is 1.16. The van der Waals surface area contributed by atoms with Crippen LogP contribution in [0, 0.1) is 0 Å². The van der Waals surface area contributed by atoms with Gasteiger partial charge in [-0.2, -0.15) is 13.2 Å². The number of hydrogen-bond acceptors (Lipinski definition) is 1. The molecule has 98 valence electrons. The normalized spacial score (nSPS) is 10.9. The molecule has 3 nitrogen and oxygen atoms in total. The number of urea groups is 1. The number of carbonyl (C=O) groups is 1. The first-order chi connectivity index (χ1) is 8.29. The Morgan fingerprint density at radius 3 is 2.28 bits per heavy atom. The summed E-state index contributed by atoms with van der Waals surface area (Å²) >= 11 is 5.43. The monoisotopic (exact) mass is 278 g/mol. The highest BCUT2D eigenvalue weighted by Crippen LogP contribution is 2.29. The Morgan fingerprint density at radius 2 is 1.83 bits per heavy atom. The minimum absolute atomic E-state index is 0.0774. The van der Waals surface area contributed by atoms with Gasteiger partial charge in [-0.25, -0.2) is 4.79 Å². The maximum Gasteiger partial charge on any atom is 0.416 e. The molecule has 0 aliphatic heterocycles. The largest absolute Gasteiger partial charge is 0.416 e. The summed E-state index contributed by atoms with van der Waals surface area (Å²) in [5.41, 5.74) is -0.525. The molecule has 0 bridgehead atoms. The van der Waals surface area contributed by atoms with E-state index in [-0.39, 0.29) is 17.3 Å². The summed E-state index contributed by atoms with van der Waals surface area (Å²) in [6.07, 6.45) is -4.39. The first-order valence-corrected chi connectivity index (χ1v) is 5.22. The highest BCUT2D eigenvalue weighted by molar-refractivity contribution is 6.29. The van der Waals surface area contributed by atoms with Gasteiger partial charge in [-0.15, -0.1) is 0 Å². The number of carbonyl (C=O) groups excluding carboxylic acids is 1. The molecule has 0 atom stereocenters. The van der Waals surface area contributed by atoms with Crippen LogP contribution in [0.4, 0.5) is 23.7 Å². The molecule has 0 saturated carbocycles. The fraction of sp³-hybridized carbons (Fsp3) is 0.182. The van der Waals surface area contributed by atoms with Crippen molar-refractivity contribution >= 4 is 23.3 Å². The average Bonchev–Trinajstić information content (AvgIpc) is 2.26. The first kappa shape index (κ1) is 14.4. The number of benzene rings is 1. The lowest BCUT2D eigenvalue weighted by molar-refractivity contribution is -0.137. The highest BCUT2D eigenvalue weighted by Gasteiger charge is 2.29. The first-order valence-electron chi connectivity index (χ1n) is 4.84. The van der Waals surface area contributed by atoms with Crippen molar-refractivity contribution in [2.24, 2.45) is 0 Å². The third kappa shape index (κ3) is 4.67. The van der Waals surface area contributed by atoms with Crippen molar-refractivity contribution in [2.75, 3.05) is 11.9 Å². The van der Waals surface area contributed by atoms with Gasteiger partial charge in [0.15, 0.2) is 0 Å². The molecule has 0 aliphatic rings. The number of nitrogens with one attached hydrogen (secondary N) is 2. The van der Waals surface area contributed by atoms with Gasteiger partial charge in [-0.1, -0.05) is 18.2 Å². The van der Waals surface area contributed by atoms with Crippen LogP contribution in [0.25, 0.3) is 0 Å². The van der Waals surface area contributed by atoms with Crippen LogP contribution in [0.15, 0.2) is 35.9 Å². The second-order valence-corrected chi connectivity index (χ2v) is 3.93. The van der Waals surface area contributed by atoms with Crippen molar-refractivity contribution < 1.29 is 18.0 Å². The van der Waals surface area contributed by atoms with Crippen molar-refractivity contribution in [1.82, 2.24) is 5.32 Å². The predicted octanol–water partition coefficient (Wildman–Crippen LogP) is 3.58. The topological polar surface area (TPSA) is 41.1 Å². The Morgan fingerprint density at radius 1 is 1.28 bits per heavy atom. The smallest absolute Gasteiger partial charge is 0.333 e. The van der Waals surface area contributed by atoms with Crippen molar-refractivity contribution in [3.05, 3.63) is 41.4 Å². The number of anilines is 1. The summed E-state index contributed by atoms with van der Waals surface area (Å²) in [6, 6.07) is 3.53. The van der Waals surface area contributed by atoms with E-state index in [0.29, 0.717) is 0 Å². The molecule has 0 fully saturated rings. The zero-order valence-electron chi connectivity index (χ0n) is 9.14. The molecule has 0 aliphatic carbocycles. The Bertz CT molecular complexity index is 443. The number of amides is 2. The summed E-state index contributed by atoms with van der Waals surface area (Å²) in [5.74, 6) is 0. The molecule has 1 aromatic carbocycles. The van der Waals surface area contributed by atoms with E-state index >= 15 is 0 Å². The fourth-order valence-electron chi connectivity index (χ4n) is 1.09. The Balaban J connectivity index is 2.59. The third-order valence-corrected chi connectivity index (χ3v) is 2.04. The third-order valence-electron chi connectivity index (χ3n) is 1.91. The van der Waals surface area contributed by atoms with Gasteiger partial charge in [0, 0.05) is 10.7 Å². The van der Waals surface area contributed by atoms with Crippen LogP contribution in [0.1, 0.15) is 5.56 Å². The van der Waals surface area contributed by atoms with E-state index in [1.165, 1.54) is 0 Å². The van der Waals surface area contributed by atoms with Gasteiger partial charge in [0.25, 0.3) is 0 Å².